The lowest BCUT2D eigenvalue weighted by Crippen LogP contribution is -2.26. The molecule has 1 saturated heterocycles. The van der Waals surface area contributed by atoms with Crippen LogP contribution in [-0.4, -0.2) is 40.3 Å². The van der Waals surface area contributed by atoms with Crippen molar-refractivity contribution < 1.29 is 0 Å². The first-order valence-electron chi connectivity index (χ1n) is 7.55. The summed E-state index contributed by atoms with van der Waals surface area (Å²) in [5.74, 6) is 1.02. The second-order valence-electron chi connectivity index (χ2n) is 5.48. The highest BCUT2D eigenvalue weighted by molar-refractivity contribution is 8.00. The fraction of sp³-hybridized carbons (Fsp3) is 0.312. The van der Waals surface area contributed by atoms with Crippen molar-refractivity contribution in [2.75, 3.05) is 29.6 Å². The first-order chi connectivity index (χ1) is 11.3. The van der Waals surface area contributed by atoms with Crippen LogP contribution in [-0.2, 0) is 0 Å². The van der Waals surface area contributed by atoms with Gasteiger partial charge in [-0.25, -0.2) is 15.0 Å². The maximum absolute atomic E-state index is 4.54. The van der Waals surface area contributed by atoms with Crippen molar-refractivity contribution in [2.45, 2.75) is 16.8 Å². The number of para-hydroxylation sites is 1. The molecular weight excluding hydrogens is 326 g/mol. The number of rotatable bonds is 4. The average molecular weight is 343 g/mol. The van der Waals surface area contributed by atoms with E-state index >= 15 is 0 Å². The first-order valence-corrected chi connectivity index (χ1v) is 9.59. The van der Waals surface area contributed by atoms with Crippen LogP contribution in [0.4, 0.5) is 11.5 Å². The van der Waals surface area contributed by atoms with Gasteiger partial charge in [0.1, 0.15) is 11.0 Å². The van der Waals surface area contributed by atoms with Crippen molar-refractivity contribution >= 4 is 45.0 Å². The lowest BCUT2D eigenvalue weighted by Gasteiger charge is -2.18. The molecule has 1 fully saturated rings. The van der Waals surface area contributed by atoms with Crippen LogP contribution in [0.3, 0.4) is 0 Å². The van der Waals surface area contributed by atoms with Gasteiger partial charge in [0.25, 0.3) is 0 Å². The highest BCUT2D eigenvalue weighted by Gasteiger charge is 2.25. The second-order valence-corrected chi connectivity index (χ2v) is 7.53. The Labute approximate surface area is 143 Å². The molecule has 3 aromatic rings. The Hall–Kier alpha value is -1.86. The van der Waals surface area contributed by atoms with Crippen molar-refractivity contribution in [2.24, 2.45) is 0 Å². The number of thioether (sulfide) groups is 1. The molecule has 1 N–H and O–H groups in total. The van der Waals surface area contributed by atoms with Gasteiger partial charge in [-0.2, -0.15) is 0 Å². The maximum Gasteiger partial charge on any atom is 0.176 e. The fourth-order valence-electron chi connectivity index (χ4n) is 2.88. The molecule has 4 rings (SSSR count). The minimum Gasteiger partial charge on any atom is -0.380 e. The van der Waals surface area contributed by atoms with Gasteiger partial charge in [0.05, 0.1) is 0 Å². The Kier molecular flexibility index (Phi) is 4.05. The highest BCUT2D eigenvalue weighted by atomic mass is 32.2. The molecular formula is C16H17N5S2. The van der Waals surface area contributed by atoms with Crippen LogP contribution in [0.1, 0.15) is 6.42 Å². The van der Waals surface area contributed by atoms with Crippen LogP contribution >= 0.6 is 23.1 Å². The van der Waals surface area contributed by atoms with E-state index in [0.717, 1.165) is 40.0 Å². The van der Waals surface area contributed by atoms with Gasteiger partial charge in [-0.1, -0.05) is 30.0 Å². The lowest BCUT2D eigenvalue weighted by atomic mass is 10.2. The van der Waals surface area contributed by atoms with Crippen LogP contribution in [0, 0.1) is 0 Å². The smallest absolute Gasteiger partial charge is 0.176 e. The van der Waals surface area contributed by atoms with E-state index in [4.69, 9.17) is 0 Å². The zero-order chi connectivity index (χ0) is 15.6. The predicted molar refractivity (Wildman–Crippen MR) is 97.7 cm³/mol. The van der Waals surface area contributed by atoms with Crippen LogP contribution in [0.25, 0.3) is 10.3 Å². The van der Waals surface area contributed by atoms with Crippen molar-refractivity contribution in [1.82, 2.24) is 15.0 Å². The van der Waals surface area contributed by atoms with E-state index < -0.39 is 0 Å². The Morgan fingerprint density at radius 3 is 2.96 bits per heavy atom. The SMILES string of the molecule is CSc1nc2ncnc(N3CCC(Nc4ccccc4)C3)c2s1. The number of nitrogens with zero attached hydrogens (tertiary/aromatic N) is 4. The quantitative estimate of drug-likeness (QED) is 0.732. The van der Waals surface area contributed by atoms with Gasteiger partial charge >= 0.3 is 0 Å². The summed E-state index contributed by atoms with van der Waals surface area (Å²) in [7, 11) is 0. The maximum atomic E-state index is 4.54. The number of fused-ring (bicyclic) bond motifs is 1. The van der Waals surface area contributed by atoms with Gasteiger partial charge in [-0.05, 0) is 24.8 Å². The van der Waals surface area contributed by atoms with E-state index in [1.165, 1.54) is 5.69 Å². The van der Waals surface area contributed by atoms with Crippen LogP contribution in [0.5, 0.6) is 0 Å². The number of benzene rings is 1. The number of aromatic nitrogens is 3. The minimum absolute atomic E-state index is 0.440. The van der Waals surface area contributed by atoms with Gasteiger partial charge in [0.15, 0.2) is 15.8 Å². The van der Waals surface area contributed by atoms with E-state index in [1.54, 1.807) is 29.4 Å². The molecule has 0 radical (unpaired) electrons. The molecule has 3 heterocycles. The lowest BCUT2D eigenvalue weighted by molar-refractivity contribution is 0.806. The molecule has 0 saturated carbocycles. The molecule has 1 aliphatic heterocycles. The summed E-state index contributed by atoms with van der Waals surface area (Å²) < 4.78 is 2.14. The van der Waals surface area contributed by atoms with Crippen molar-refractivity contribution in [1.29, 1.82) is 0 Å². The molecule has 1 aromatic carbocycles. The summed E-state index contributed by atoms with van der Waals surface area (Å²) in [6.07, 6.45) is 4.77. The summed E-state index contributed by atoms with van der Waals surface area (Å²) in [5, 5.41) is 3.60. The largest absolute Gasteiger partial charge is 0.380 e. The predicted octanol–water partition coefficient (Wildman–Crippen LogP) is 3.50. The standard InChI is InChI=1S/C16H17N5S2/c1-22-16-20-14-13(23-16)15(18-10-17-14)21-8-7-12(9-21)19-11-5-3-2-4-6-11/h2-6,10,12,19H,7-9H2,1H3. The Morgan fingerprint density at radius 1 is 1.26 bits per heavy atom. The van der Waals surface area contributed by atoms with Gasteiger partial charge < -0.3 is 10.2 Å². The number of anilines is 2. The average Bonchev–Trinajstić information content (AvgIpc) is 3.21. The summed E-state index contributed by atoms with van der Waals surface area (Å²) >= 11 is 3.34. The summed E-state index contributed by atoms with van der Waals surface area (Å²) in [6.45, 7) is 1.95. The van der Waals surface area contributed by atoms with Crippen molar-refractivity contribution in [3.05, 3.63) is 36.7 Å². The summed E-state index contributed by atoms with van der Waals surface area (Å²) in [4.78, 5) is 15.7. The number of hydrogen-bond donors (Lipinski definition) is 1. The molecule has 0 bridgehead atoms. The monoisotopic (exact) mass is 343 g/mol. The van der Waals surface area contributed by atoms with Crippen molar-refractivity contribution in [3.63, 3.8) is 0 Å². The summed E-state index contributed by atoms with van der Waals surface area (Å²) in [5.41, 5.74) is 1.98. The zero-order valence-electron chi connectivity index (χ0n) is 12.8. The Morgan fingerprint density at radius 2 is 2.13 bits per heavy atom. The molecule has 1 atom stereocenters. The van der Waals surface area contributed by atoms with E-state index in [1.807, 2.05) is 12.3 Å². The summed E-state index contributed by atoms with van der Waals surface area (Å²) in [6, 6.07) is 10.8. The first kappa shape index (κ1) is 14.7. The molecule has 2 aromatic heterocycles. The van der Waals surface area contributed by atoms with Gasteiger partial charge in [-0.15, -0.1) is 11.3 Å². The fourth-order valence-corrected chi connectivity index (χ4v) is 4.41. The second kappa shape index (κ2) is 6.33. The molecule has 0 aliphatic carbocycles. The number of hydrogen-bond acceptors (Lipinski definition) is 7. The Bertz CT molecular complexity index is 805. The van der Waals surface area contributed by atoms with Crippen molar-refractivity contribution in [3.8, 4) is 0 Å². The zero-order valence-corrected chi connectivity index (χ0v) is 14.4. The topological polar surface area (TPSA) is 53.9 Å². The number of nitrogens with one attached hydrogen (secondary N) is 1. The Balaban J connectivity index is 1.54. The van der Waals surface area contributed by atoms with Crippen LogP contribution < -0.4 is 10.2 Å². The van der Waals surface area contributed by atoms with Crippen LogP contribution in [0.15, 0.2) is 41.0 Å². The van der Waals surface area contributed by atoms with E-state index in [2.05, 4.69) is 49.4 Å². The molecule has 1 unspecified atom stereocenters. The third-order valence-corrected chi connectivity index (χ3v) is 5.99. The normalized spacial score (nSPS) is 17.8. The number of thiazole rings is 1. The van der Waals surface area contributed by atoms with E-state index in [9.17, 15) is 0 Å². The molecule has 0 amide bonds. The molecule has 7 heteroatoms. The van der Waals surface area contributed by atoms with Crippen LogP contribution in [0.2, 0.25) is 0 Å². The van der Waals surface area contributed by atoms with E-state index in [0.29, 0.717) is 6.04 Å². The van der Waals surface area contributed by atoms with Gasteiger partial charge in [-0.3, -0.25) is 0 Å². The molecule has 0 spiro atoms. The third kappa shape index (κ3) is 2.98. The minimum atomic E-state index is 0.440. The molecule has 5 nitrogen and oxygen atoms in total. The van der Waals surface area contributed by atoms with E-state index in [-0.39, 0.29) is 0 Å². The highest BCUT2D eigenvalue weighted by Crippen LogP contribution is 2.34. The van der Waals surface area contributed by atoms with Gasteiger partial charge in [0, 0.05) is 24.8 Å². The molecule has 23 heavy (non-hydrogen) atoms. The third-order valence-electron chi connectivity index (χ3n) is 3.96. The molecule has 1 aliphatic rings. The van der Waals surface area contributed by atoms with Gasteiger partial charge in [0.2, 0.25) is 0 Å². The molecule has 118 valence electrons.